The van der Waals surface area contributed by atoms with Gasteiger partial charge in [-0.15, -0.1) is 0 Å². The van der Waals surface area contributed by atoms with E-state index in [0.717, 1.165) is 3.57 Å². The van der Waals surface area contributed by atoms with E-state index < -0.39 is 0 Å². The summed E-state index contributed by atoms with van der Waals surface area (Å²) in [5.74, 6) is 0.553. The third-order valence-corrected chi connectivity index (χ3v) is 1.83. The first-order valence-corrected chi connectivity index (χ1v) is 4.65. The number of aliphatic hydroxyl groups excluding tert-OH is 1. The number of anilines is 1. The Labute approximate surface area is 84.6 Å². The summed E-state index contributed by atoms with van der Waals surface area (Å²) in [7, 11) is 0. The average Bonchev–Trinajstić information content (AvgIpc) is 2.09. The lowest BCUT2D eigenvalue weighted by atomic mass is 10.4. The van der Waals surface area contributed by atoms with Gasteiger partial charge in [0.1, 0.15) is 0 Å². The van der Waals surface area contributed by atoms with Gasteiger partial charge in [-0.3, -0.25) is 0 Å². The second kappa shape index (κ2) is 4.56. The Balaban J connectivity index is 2.58. The van der Waals surface area contributed by atoms with Crippen LogP contribution in [0.25, 0.3) is 0 Å². The molecule has 0 saturated carbocycles. The van der Waals surface area contributed by atoms with Crippen LogP contribution in [-0.2, 0) is 0 Å². The number of rotatable bonds is 3. The molecule has 0 radical (unpaired) electrons. The number of nitrogens with one attached hydrogen (secondary N) is 1. The molecule has 0 spiro atoms. The predicted octanol–water partition coefficient (Wildman–Crippen LogP) is 0.874. The predicted molar refractivity (Wildman–Crippen MR) is 54.9 cm³/mol. The van der Waals surface area contributed by atoms with E-state index in [2.05, 4.69) is 37.9 Å². The molecule has 4 nitrogen and oxygen atoms in total. The van der Waals surface area contributed by atoms with Crippen molar-refractivity contribution in [3.63, 3.8) is 0 Å². The van der Waals surface area contributed by atoms with Gasteiger partial charge < -0.3 is 10.4 Å². The van der Waals surface area contributed by atoms with Crippen molar-refractivity contribution in [3.8, 4) is 0 Å². The Morgan fingerprint density at radius 2 is 2.17 bits per heavy atom. The van der Waals surface area contributed by atoms with Gasteiger partial charge in [0.05, 0.1) is 6.61 Å². The number of hydrogen-bond acceptors (Lipinski definition) is 4. The summed E-state index contributed by atoms with van der Waals surface area (Å²) < 4.78 is 0.995. The molecule has 0 aliphatic heterocycles. The first kappa shape index (κ1) is 9.66. The fourth-order valence-corrected chi connectivity index (χ4v) is 0.931. The zero-order chi connectivity index (χ0) is 8.97. The molecule has 1 aromatic heterocycles. The van der Waals surface area contributed by atoms with Gasteiger partial charge in [0.15, 0.2) is 0 Å². The van der Waals surface area contributed by atoms with E-state index in [1.54, 1.807) is 12.4 Å². The summed E-state index contributed by atoms with van der Waals surface area (Å²) in [6, 6.07) is -0.00920. The lowest BCUT2D eigenvalue weighted by molar-refractivity contribution is 0.281. The van der Waals surface area contributed by atoms with Gasteiger partial charge in [-0.25, -0.2) is 9.97 Å². The minimum atomic E-state index is -0.00920. The van der Waals surface area contributed by atoms with Crippen LogP contribution in [0.15, 0.2) is 12.4 Å². The summed E-state index contributed by atoms with van der Waals surface area (Å²) in [6.45, 7) is 1.94. The third kappa shape index (κ3) is 2.90. The quantitative estimate of drug-likeness (QED) is 0.806. The van der Waals surface area contributed by atoms with Gasteiger partial charge in [0.25, 0.3) is 0 Å². The monoisotopic (exact) mass is 279 g/mol. The Morgan fingerprint density at radius 1 is 1.58 bits per heavy atom. The van der Waals surface area contributed by atoms with Crippen molar-refractivity contribution in [2.24, 2.45) is 0 Å². The molecule has 1 heterocycles. The van der Waals surface area contributed by atoms with E-state index in [-0.39, 0.29) is 12.6 Å². The van der Waals surface area contributed by atoms with Crippen LogP contribution < -0.4 is 5.32 Å². The number of aliphatic hydroxyl groups is 1. The molecule has 0 aliphatic carbocycles. The number of hydrogen-bond donors (Lipinski definition) is 2. The highest BCUT2D eigenvalue weighted by molar-refractivity contribution is 14.1. The SMILES string of the molecule is CC(CO)Nc1ncc(I)cn1. The molecule has 1 aromatic rings. The highest BCUT2D eigenvalue weighted by atomic mass is 127. The van der Waals surface area contributed by atoms with Gasteiger partial charge in [-0.05, 0) is 29.5 Å². The molecule has 1 unspecified atom stereocenters. The summed E-state index contributed by atoms with van der Waals surface area (Å²) in [6.07, 6.45) is 3.44. The standard InChI is InChI=1S/C7H10IN3O/c1-5(4-12)11-7-9-2-6(8)3-10-7/h2-3,5,12H,4H2,1H3,(H,9,10,11). The second-order valence-electron chi connectivity index (χ2n) is 2.45. The number of aromatic nitrogens is 2. The van der Waals surface area contributed by atoms with Crippen LogP contribution in [0, 0.1) is 3.57 Å². The topological polar surface area (TPSA) is 58.0 Å². The van der Waals surface area contributed by atoms with Crippen LogP contribution in [0.4, 0.5) is 5.95 Å². The lowest BCUT2D eigenvalue weighted by Gasteiger charge is -2.09. The summed E-state index contributed by atoms with van der Waals surface area (Å²) in [4.78, 5) is 8.05. The normalized spacial score (nSPS) is 12.6. The zero-order valence-corrected chi connectivity index (χ0v) is 8.82. The molecule has 66 valence electrons. The van der Waals surface area contributed by atoms with Crippen LogP contribution in [0.1, 0.15) is 6.92 Å². The Kier molecular flexibility index (Phi) is 3.67. The summed E-state index contributed by atoms with van der Waals surface area (Å²) in [5, 5.41) is 11.7. The molecule has 0 fully saturated rings. The Morgan fingerprint density at radius 3 is 2.67 bits per heavy atom. The van der Waals surface area contributed by atoms with E-state index in [1.807, 2.05) is 6.92 Å². The largest absolute Gasteiger partial charge is 0.394 e. The first-order valence-electron chi connectivity index (χ1n) is 3.57. The van der Waals surface area contributed by atoms with Gasteiger partial charge >= 0.3 is 0 Å². The minimum Gasteiger partial charge on any atom is -0.394 e. The second-order valence-corrected chi connectivity index (χ2v) is 3.70. The molecule has 1 rings (SSSR count). The van der Waals surface area contributed by atoms with Crippen molar-refractivity contribution in [1.82, 2.24) is 9.97 Å². The fourth-order valence-electron chi connectivity index (χ4n) is 0.653. The Hall–Kier alpha value is -0.430. The van der Waals surface area contributed by atoms with Crippen LogP contribution in [-0.4, -0.2) is 27.7 Å². The van der Waals surface area contributed by atoms with Gasteiger partial charge in [-0.2, -0.15) is 0 Å². The molecule has 0 amide bonds. The van der Waals surface area contributed by atoms with Crippen molar-refractivity contribution in [2.75, 3.05) is 11.9 Å². The maximum absolute atomic E-state index is 8.73. The first-order chi connectivity index (χ1) is 5.72. The van der Waals surface area contributed by atoms with Crippen molar-refractivity contribution in [1.29, 1.82) is 0 Å². The molecular formula is C7H10IN3O. The van der Waals surface area contributed by atoms with Crippen LogP contribution in [0.5, 0.6) is 0 Å². The van der Waals surface area contributed by atoms with E-state index in [1.165, 1.54) is 0 Å². The highest BCUT2D eigenvalue weighted by Crippen LogP contribution is 2.03. The summed E-state index contributed by atoms with van der Waals surface area (Å²) >= 11 is 2.14. The molecule has 1 atom stereocenters. The third-order valence-electron chi connectivity index (χ3n) is 1.27. The Bertz CT molecular complexity index is 239. The van der Waals surface area contributed by atoms with Crippen molar-refractivity contribution in [2.45, 2.75) is 13.0 Å². The number of halogens is 1. The molecule has 0 saturated heterocycles. The van der Waals surface area contributed by atoms with Crippen molar-refractivity contribution >= 4 is 28.5 Å². The van der Waals surface area contributed by atoms with Gasteiger partial charge in [0.2, 0.25) is 5.95 Å². The van der Waals surface area contributed by atoms with E-state index in [9.17, 15) is 0 Å². The maximum Gasteiger partial charge on any atom is 0.222 e. The van der Waals surface area contributed by atoms with Crippen molar-refractivity contribution < 1.29 is 5.11 Å². The molecule has 0 aromatic carbocycles. The zero-order valence-electron chi connectivity index (χ0n) is 6.66. The summed E-state index contributed by atoms with van der Waals surface area (Å²) in [5.41, 5.74) is 0. The van der Waals surface area contributed by atoms with Crippen LogP contribution in [0.3, 0.4) is 0 Å². The molecule has 2 N–H and O–H groups in total. The molecule has 12 heavy (non-hydrogen) atoms. The smallest absolute Gasteiger partial charge is 0.222 e. The molecule has 0 bridgehead atoms. The van der Waals surface area contributed by atoms with Crippen LogP contribution >= 0.6 is 22.6 Å². The number of nitrogens with zero attached hydrogens (tertiary/aromatic N) is 2. The molecular weight excluding hydrogens is 269 g/mol. The molecule has 0 aliphatic rings. The van der Waals surface area contributed by atoms with Gasteiger partial charge in [-0.1, -0.05) is 0 Å². The van der Waals surface area contributed by atoms with E-state index >= 15 is 0 Å². The minimum absolute atomic E-state index is 0.00920. The van der Waals surface area contributed by atoms with Gasteiger partial charge in [0, 0.05) is 22.0 Å². The average molecular weight is 279 g/mol. The van der Waals surface area contributed by atoms with E-state index in [4.69, 9.17) is 5.11 Å². The highest BCUT2D eigenvalue weighted by Gasteiger charge is 2.00. The lowest BCUT2D eigenvalue weighted by Crippen LogP contribution is -2.20. The van der Waals surface area contributed by atoms with Crippen molar-refractivity contribution in [3.05, 3.63) is 16.0 Å². The van der Waals surface area contributed by atoms with E-state index in [0.29, 0.717) is 5.95 Å². The maximum atomic E-state index is 8.73. The fraction of sp³-hybridized carbons (Fsp3) is 0.429. The van der Waals surface area contributed by atoms with Crippen LogP contribution in [0.2, 0.25) is 0 Å². The molecule has 5 heteroatoms.